The fourth-order valence-corrected chi connectivity index (χ4v) is 0.760. The summed E-state index contributed by atoms with van der Waals surface area (Å²) in [6.45, 7) is 0. The average molecular weight is 196 g/mol. The molecule has 0 saturated heterocycles. The minimum absolute atomic E-state index is 0. The molecule has 0 aliphatic rings. The van der Waals surface area contributed by atoms with Crippen molar-refractivity contribution in [2.24, 2.45) is 0 Å². The molecule has 0 radical (unpaired) electrons. The van der Waals surface area contributed by atoms with E-state index in [0.717, 1.165) is 10.2 Å². The van der Waals surface area contributed by atoms with Gasteiger partial charge in [0.15, 0.2) is 0 Å². The van der Waals surface area contributed by atoms with E-state index in [0.29, 0.717) is 0 Å². The second kappa shape index (κ2) is 4.34. The Morgan fingerprint density at radius 2 is 1.78 bits per heavy atom. The number of hydrogen-bond donors (Lipinski definition) is 1. The van der Waals surface area contributed by atoms with Gasteiger partial charge in [-0.3, -0.25) is 0 Å². The molecule has 1 aromatic carbocycles. The average Bonchev–Trinajstić information content (AvgIpc) is 1.77. The number of halogens is 1. The third-order valence-corrected chi connectivity index (χ3v) is 1.63. The monoisotopic (exact) mass is 195 g/mol. The first-order valence-corrected chi connectivity index (χ1v) is 3.10. The summed E-state index contributed by atoms with van der Waals surface area (Å²) in [6, 6.07) is 7.60. The van der Waals surface area contributed by atoms with E-state index >= 15 is 0 Å². The molecule has 0 aliphatic carbocycles. The molecule has 3 heteroatoms. The first kappa shape index (κ1) is 9.50. The number of nitrogens with two attached hydrogens (primary N) is 1. The van der Waals surface area contributed by atoms with Gasteiger partial charge in [-0.2, -0.15) is 0 Å². The Kier molecular flexibility index (Phi) is 4.58. The zero-order valence-electron chi connectivity index (χ0n) is 4.26. The van der Waals surface area contributed by atoms with Crippen LogP contribution in [-0.2, 0) is 0 Å². The Morgan fingerprint density at radius 1 is 1.22 bits per heavy atom. The maximum atomic E-state index is 5.47. The van der Waals surface area contributed by atoms with Gasteiger partial charge in [0.05, 0.1) is 0 Å². The molecule has 0 unspecified atom stereocenters. The van der Waals surface area contributed by atoms with Crippen molar-refractivity contribution in [3.8, 4) is 0 Å². The van der Waals surface area contributed by atoms with Crippen molar-refractivity contribution in [3.63, 3.8) is 0 Å². The van der Waals surface area contributed by atoms with E-state index < -0.39 is 0 Å². The molecule has 0 amide bonds. The minimum atomic E-state index is 0. The fourth-order valence-electron chi connectivity index (χ4n) is 0.475. The molecule has 0 spiro atoms. The second-order valence-corrected chi connectivity index (χ2v) is 2.38. The SMILES string of the molecule is Nc1ccccc1Br.[NaH]. The third kappa shape index (κ3) is 2.72. The van der Waals surface area contributed by atoms with Crippen LogP contribution in [0.15, 0.2) is 28.7 Å². The van der Waals surface area contributed by atoms with E-state index in [2.05, 4.69) is 15.9 Å². The molecule has 2 N–H and O–H groups in total. The van der Waals surface area contributed by atoms with Gasteiger partial charge in [-0.1, -0.05) is 12.1 Å². The second-order valence-electron chi connectivity index (χ2n) is 1.52. The topological polar surface area (TPSA) is 26.0 Å². The van der Waals surface area contributed by atoms with Crippen LogP contribution in [0.25, 0.3) is 0 Å². The van der Waals surface area contributed by atoms with Crippen molar-refractivity contribution in [2.75, 3.05) is 5.73 Å². The Bertz CT molecular complexity index is 169. The molecule has 0 saturated carbocycles. The Balaban J connectivity index is 0.000000640. The Morgan fingerprint density at radius 3 is 2.11 bits per heavy atom. The first-order chi connectivity index (χ1) is 3.80. The molecule has 0 fully saturated rings. The molecule has 9 heavy (non-hydrogen) atoms. The van der Waals surface area contributed by atoms with Crippen LogP contribution in [0, 0.1) is 0 Å². The molecule has 0 aliphatic heterocycles. The van der Waals surface area contributed by atoms with E-state index in [1.54, 1.807) is 0 Å². The number of nitrogen functional groups attached to an aromatic ring is 1. The number of benzene rings is 1. The van der Waals surface area contributed by atoms with Crippen molar-refractivity contribution >= 4 is 51.2 Å². The quantitative estimate of drug-likeness (QED) is 0.492. The van der Waals surface area contributed by atoms with Crippen LogP contribution < -0.4 is 5.73 Å². The summed E-state index contributed by atoms with van der Waals surface area (Å²) in [4.78, 5) is 0. The summed E-state index contributed by atoms with van der Waals surface area (Å²) >= 11 is 3.27. The summed E-state index contributed by atoms with van der Waals surface area (Å²) < 4.78 is 0.958. The van der Waals surface area contributed by atoms with E-state index in [1.807, 2.05) is 24.3 Å². The summed E-state index contributed by atoms with van der Waals surface area (Å²) in [5.41, 5.74) is 6.26. The van der Waals surface area contributed by atoms with E-state index in [4.69, 9.17) is 5.73 Å². The van der Waals surface area contributed by atoms with Crippen LogP contribution in [0.3, 0.4) is 0 Å². The maximum absolute atomic E-state index is 5.47. The van der Waals surface area contributed by atoms with Crippen LogP contribution in [0.2, 0.25) is 0 Å². The predicted molar refractivity (Wildman–Crippen MR) is 45.7 cm³/mol. The number of rotatable bonds is 0. The summed E-state index contributed by atoms with van der Waals surface area (Å²) in [7, 11) is 0. The van der Waals surface area contributed by atoms with E-state index in [-0.39, 0.29) is 29.6 Å². The van der Waals surface area contributed by atoms with Gasteiger partial charge in [-0.25, -0.2) is 0 Å². The van der Waals surface area contributed by atoms with Gasteiger partial charge < -0.3 is 5.73 Å². The van der Waals surface area contributed by atoms with Gasteiger partial charge >= 0.3 is 29.6 Å². The summed E-state index contributed by atoms with van der Waals surface area (Å²) in [5, 5.41) is 0. The van der Waals surface area contributed by atoms with Crippen molar-refractivity contribution in [1.82, 2.24) is 0 Å². The molecule has 44 valence electrons. The van der Waals surface area contributed by atoms with Gasteiger partial charge in [0.25, 0.3) is 0 Å². The molecule has 1 rings (SSSR count). The van der Waals surface area contributed by atoms with Gasteiger partial charge in [0.2, 0.25) is 0 Å². The van der Waals surface area contributed by atoms with E-state index in [1.165, 1.54) is 0 Å². The Labute approximate surface area is 85.1 Å². The molecule has 1 nitrogen and oxygen atoms in total. The van der Waals surface area contributed by atoms with Crippen LogP contribution in [0.4, 0.5) is 5.69 Å². The van der Waals surface area contributed by atoms with E-state index in [9.17, 15) is 0 Å². The van der Waals surface area contributed by atoms with Crippen LogP contribution in [0.5, 0.6) is 0 Å². The molecule has 1 aromatic rings. The molecule has 0 aromatic heterocycles. The van der Waals surface area contributed by atoms with Gasteiger partial charge in [0.1, 0.15) is 0 Å². The van der Waals surface area contributed by atoms with Crippen LogP contribution >= 0.6 is 15.9 Å². The third-order valence-electron chi connectivity index (χ3n) is 0.905. The van der Waals surface area contributed by atoms with Gasteiger partial charge in [-0.15, -0.1) is 0 Å². The molecule has 0 atom stereocenters. The fraction of sp³-hybridized carbons (Fsp3) is 0. The normalized spacial score (nSPS) is 8.11. The van der Waals surface area contributed by atoms with Crippen molar-refractivity contribution in [2.45, 2.75) is 0 Å². The zero-order valence-corrected chi connectivity index (χ0v) is 5.85. The van der Waals surface area contributed by atoms with Crippen molar-refractivity contribution in [1.29, 1.82) is 0 Å². The number of para-hydroxylation sites is 1. The predicted octanol–water partition coefficient (Wildman–Crippen LogP) is 1.38. The van der Waals surface area contributed by atoms with Crippen molar-refractivity contribution in [3.05, 3.63) is 28.7 Å². The summed E-state index contributed by atoms with van der Waals surface area (Å²) in [6.07, 6.45) is 0. The standard InChI is InChI=1S/C6H6BrN.Na.H/c7-5-3-1-2-4-6(5)8;;/h1-4H,8H2;;. The first-order valence-electron chi connectivity index (χ1n) is 2.31. The number of anilines is 1. The Hall–Kier alpha value is 0.500. The molecule has 0 bridgehead atoms. The van der Waals surface area contributed by atoms with Crippen LogP contribution in [-0.4, -0.2) is 29.6 Å². The molecular weight excluding hydrogens is 189 g/mol. The number of hydrogen-bond acceptors (Lipinski definition) is 1. The van der Waals surface area contributed by atoms with Crippen LogP contribution in [0.1, 0.15) is 0 Å². The van der Waals surface area contributed by atoms with Gasteiger partial charge in [0, 0.05) is 10.2 Å². The zero-order chi connectivity index (χ0) is 5.98. The molecule has 0 heterocycles. The van der Waals surface area contributed by atoms with Gasteiger partial charge in [-0.05, 0) is 28.1 Å². The van der Waals surface area contributed by atoms with Crippen molar-refractivity contribution < 1.29 is 0 Å². The molecular formula is C6H7BrNNa. The summed E-state index contributed by atoms with van der Waals surface area (Å²) in [5.74, 6) is 0.